The molecule has 7 nitrogen and oxygen atoms in total. The van der Waals surface area contributed by atoms with E-state index < -0.39 is 6.04 Å². The quantitative estimate of drug-likeness (QED) is 0.419. The van der Waals surface area contributed by atoms with Crippen molar-refractivity contribution >= 4 is 64.1 Å². The van der Waals surface area contributed by atoms with E-state index in [9.17, 15) is 9.59 Å². The fourth-order valence-corrected chi connectivity index (χ4v) is 4.06. The second-order valence-corrected chi connectivity index (χ2v) is 9.14. The molecule has 3 aromatic rings. The lowest BCUT2D eigenvalue weighted by Crippen LogP contribution is -2.28. The fraction of sp³-hybridized carbons (Fsp3) is 0.238. The number of thioether (sulfide) groups is 1. The van der Waals surface area contributed by atoms with Gasteiger partial charge < -0.3 is 15.2 Å². The molecular weight excluding hydrogens is 493 g/mol. The molecule has 0 bridgehead atoms. The molecule has 0 aliphatic rings. The number of amides is 2. The number of carbonyl (C=O) groups is 2. The Labute approximate surface area is 204 Å². The number of hydrogen-bond acceptors (Lipinski definition) is 5. The minimum absolute atomic E-state index is 0.141. The van der Waals surface area contributed by atoms with E-state index in [2.05, 4.69) is 20.8 Å². The van der Waals surface area contributed by atoms with E-state index in [1.807, 2.05) is 6.92 Å². The molecule has 32 heavy (non-hydrogen) atoms. The Morgan fingerprint density at radius 2 is 1.84 bits per heavy atom. The second kappa shape index (κ2) is 10.6. The molecule has 0 saturated carbocycles. The van der Waals surface area contributed by atoms with Crippen LogP contribution in [0, 0.1) is 6.92 Å². The predicted molar refractivity (Wildman–Crippen MR) is 129 cm³/mol. The molecule has 0 fully saturated rings. The number of aromatic nitrogens is 3. The van der Waals surface area contributed by atoms with Gasteiger partial charge in [0, 0.05) is 23.3 Å². The molecule has 0 spiro atoms. The number of anilines is 1. The van der Waals surface area contributed by atoms with E-state index in [0.717, 1.165) is 5.56 Å². The average molecular weight is 513 g/mol. The van der Waals surface area contributed by atoms with Crippen molar-refractivity contribution in [2.24, 2.45) is 7.05 Å². The molecule has 0 aliphatic carbocycles. The van der Waals surface area contributed by atoms with E-state index in [-0.39, 0.29) is 17.6 Å². The topological polar surface area (TPSA) is 88.9 Å². The Hall–Kier alpha value is -2.26. The van der Waals surface area contributed by atoms with Crippen LogP contribution in [0.4, 0.5) is 5.69 Å². The molecule has 0 radical (unpaired) electrons. The van der Waals surface area contributed by atoms with Gasteiger partial charge in [-0.3, -0.25) is 9.59 Å². The van der Waals surface area contributed by atoms with E-state index in [4.69, 9.17) is 34.8 Å². The SMILES string of the molecule is Cc1c(Cl)cccc1NC(=O)CSc1nnc([C@@H](C)NC(=O)c2ccc(Cl)c(Cl)c2)n1C. The zero-order valence-electron chi connectivity index (χ0n) is 17.4. The third kappa shape index (κ3) is 5.75. The number of hydrogen-bond donors (Lipinski definition) is 2. The highest BCUT2D eigenvalue weighted by Gasteiger charge is 2.19. The van der Waals surface area contributed by atoms with Gasteiger partial charge in [-0.1, -0.05) is 52.6 Å². The lowest BCUT2D eigenvalue weighted by Gasteiger charge is -2.14. The highest BCUT2D eigenvalue weighted by Crippen LogP contribution is 2.25. The van der Waals surface area contributed by atoms with E-state index >= 15 is 0 Å². The number of halogens is 3. The molecule has 1 aromatic heterocycles. The third-order valence-electron chi connectivity index (χ3n) is 4.66. The van der Waals surface area contributed by atoms with Gasteiger partial charge in [-0.05, 0) is 49.7 Å². The van der Waals surface area contributed by atoms with Crippen LogP contribution in [0.15, 0.2) is 41.6 Å². The number of nitrogens with zero attached hydrogens (tertiary/aromatic N) is 3. The molecule has 2 aromatic carbocycles. The maximum absolute atomic E-state index is 12.5. The van der Waals surface area contributed by atoms with Crippen LogP contribution >= 0.6 is 46.6 Å². The third-order valence-corrected chi connectivity index (χ3v) is 6.83. The van der Waals surface area contributed by atoms with E-state index in [0.29, 0.717) is 37.3 Å². The summed E-state index contributed by atoms with van der Waals surface area (Å²) in [4.78, 5) is 24.9. The van der Waals surface area contributed by atoms with Crippen molar-refractivity contribution in [1.29, 1.82) is 0 Å². The van der Waals surface area contributed by atoms with Crippen LogP contribution in [0.5, 0.6) is 0 Å². The van der Waals surface area contributed by atoms with Crippen LogP contribution in [0.3, 0.4) is 0 Å². The van der Waals surface area contributed by atoms with Gasteiger partial charge in [0.1, 0.15) is 0 Å². The average Bonchev–Trinajstić information content (AvgIpc) is 3.12. The minimum atomic E-state index is -0.424. The molecule has 11 heteroatoms. The lowest BCUT2D eigenvalue weighted by molar-refractivity contribution is -0.113. The summed E-state index contributed by atoms with van der Waals surface area (Å²) in [7, 11) is 1.78. The van der Waals surface area contributed by atoms with Gasteiger partial charge in [-0.25, -0.2) is 0 Å². The van der Waals surface area contributed by atoms with Crippen LogP contribution in [0.1, 0.15) is 34.7 Å². The lowest BCUT2D eigenvalue weighted by atomic mass is 10.2. The first-order chi connectivity index (χ1) is 15.2. The zero-order valence-corrected chi connectivity index (χ0v) is 20.5. The maximum atomic E-state index is 12.5. The largest absolute Gasteiger partial charge is 0.342 e. The van der Waals surface area contributed by atoms with Gasteiger partial charge in [0.05, 0.1) is 21.8 Å². The summed E-state index contributed by atoms with van der Waals surface area (Å²) in [5, 5.41) is 15.8. The molecule has 0 aliphatic heterocycles. The van der Waals surface area contributed by atoms with E-state index in [1.54, 1.807) is 48.9 Å². The van der Waals surface area contributed by atoms with Crippen molar-refractivity contribution in [2.45, 2.75) is 25.0 Å². The van der Waals surface area contributed by atoms with Gasteiger partial charge in [-0.15, -0.1) is 10.2 Å². The van der Waals surface area contributed by atoms with Crippen molar-refractivity contribution in [1.82, 2.24) is 20.1 Å². The number of rotatable bonds is 7. The summed E-state index contributed by atoms with van der Waals surface area (Å²) in [6, 6.07) is 9.58. The van der Waals surface area contributed by atoms with E-state index in [1.165, 1.54) is 17.8 Å². The second-order valence-electron chi connectivity index (χ2n) is 6.97. The Bertz CT molecular complexity index is 1170. The number of benzene rings is 2. The van der Waals surface area contributed by atoms with Crippen LogP contribution in [0.2, 0.25) is 15.1 Å². The first-order valence-electron chi connectivity index (χ1n) is 9.50. The van der Waals surface area contributed by atoms with Gasteiger partial charge in [0.2, 0.25) is 5.91 Å². The fourth-order valence-electron chi connectivity index (χ4n) is 2.87. The molecule has 2 N–H and O–H groups in total. The van der Waals surface area contributed by atoms with Gasteiger partial charge >= 0.3 is 0 Å². The molecule has 0 saturated heterocycles. The summed E-state index contributed by atoms with van der Waals surface area (Å²) in [5.74, 6) is 0.185. The summed E-state index contributed by atoms with van der Waals surface area (Å²) in [6.45, 7) is 3.64. The van der Waals surface area contributed by atoms with Gasteiger partial charge in [-0.2, -0.15) is 0 Å². The molecule has 1 atom stereocenters. The molecular formula is C21H20Cl3N5O2S. The Balaban J connectivity index is 1.60. The van der Waals surface area contributed by atoms with Crippen molar-refractivity contribution < 1.29 is 9.59 Å². The first-order valence-corrected chi connectivity index (χ1v) is 11.6. The number of carbonyl (C=O) groups excluding carboxylic acids is 2. The summed E-state index contributed by atoms with van der Waals surface area (Å²) >= 11 is 19.2. The molecule has 2 amide bonds. The summed E-state index contributed by atoms with van der Waals surface area (Å²) < 4.78 is 1.74. The minimum Gasteiger partial charge on any atom is -0.342 e. The Morgan fingerprint density at radius 3 is 2.56 bits per heavy atom. The predicted octanol–water partition coefficient (Wildman–Crippen LogP) is 5.31. The van der Waals surface area contributed by atoms with Crippen molar-refractivity contribution in [2.75, 3.05) is 11.1 Å². The normalized spacial score (nSPS) is 11.8. The molecule has 3 rings (SSSR count). The Morgan fingerprint density at radius 1 is 1.09 bits per heavy atom. The van der Waals surface area contributed by atoms with Crippen LogP contribution in [-0.4, -0.2) is 32.3 Å². The maximum Gasteiger partial charge on any atom is 0.251 e. The summed E-state index contributed by atoms with van der Waals surface area (Å²) in [6.07, 6.45) is 0. The monoisotopic (exact) mass is 511 g/mol. The first kappa shape index (κ1) is 24.4. The highest BCUT2D eigenvalue weighted by atomic mass is 35.5. The van der Waals surface area contributed by atoms with Crippen molar-refractivity contribution in [3.8, 4) is 0 Å². The van der Waals surface area contributed by atoms with Crippen molar-refractivity contribution in [3.05, 3.63) is 68.4 Å². The zero-order chi connectivity index (χ0) is 23.4. The van der Waals surface area contributed by atoms with Gasteiger partial charge in [0.25, 0.3) is 5.91 Å². The van der Waals surface area contributed by atoms with Crippen LogP contribution in [0.25, 0.3) is 0 Å². The smallest absolute Gasteiger partial charge is 0.251 e. The highest BCUT2D eigenvalue weighted by molar-refractivity contribution is 7.99. The molecule has 168 valence electrons. The van der Waals surface area contributed by atoms with Crippen LogP contribution in [-0.2, 0) is 11.8 Å². The molecule has 1 heterocycles. The van der Waals surface area contributed by atoms with Crippen LogP contribution < -0.4 is 10.6 Å². The standard InChI is InChI=1S/C21H20Cl3N5O2S/c1-11-14(22)5-4-6-17(11)26-18(30)10-32-21-28-27-19(29(21)3)12(2)25-20(31)13-7-8-15(23)16(24)9-13/h4-9,12H,10H2,1-3H3,(H,25,31)(H,26,30)/t12-/m1/s1. The Kier molecular flexibility index (Phi) is 8.05. The number of nitrogens with one attached hydrogen (secondary N) is 2. The summed E-state index contributed by atoms with van der Waals surface area (Å²) in [5.41, 5.74) is 1.86. The van der Waals surface area contributed by atoms with Crippen molar-refractivity contribution in [3.63, 3.8) is 0 Å². The molecule has 0 unspecified atom stereocenters. The van der Waals surface area contributed by atoms with Gasteiger partial charge in [0.15, 0.2) is 11.0 Å².